The van der Waals surface area contributed by atoms with Crippen molar-refractivity contribution in [2.24, 2.45) is 23.7 Å². The summed E-state index contributed by atoms with van der Waals surface area (Å²) in [6.07, 6.45) is 13.4. The van der Waals surface area contributed by atoms with Crippen LogP contribution in [0.1, 0.15) is 119 Å². The highest BCUT2D eigenvalue weighted by molar-refractivity contribution is 6.00. The lowest BCUT2D eigenvalue weighted by molar-refractivity contribution is -0.114. The van der Waals surface area contributed by atoms with Gasteiger partial charge in [0.25, 0.3) is 0 Å². The highest BCUT2D eigenvalue weighted by Crippen LogP contribution is 2.41. The number of esters is 3. The molecule has 17 nitrogen and oxygen atoms in total. The zero-order chi connectivity index (χ0) is 52.8. The number of allylic oxidation sites excluding steroid dienone is 7. The van der Waals surface area contributed by atoms with Crippen molar-refractivity contribution in [1.82, 2.24) is 0 Å². The number of phenols is 6. The summed E-state index contributed by atoms with van der Waals surface area (Å²) in [6, 6.07) is 6.74. The Hall–Kier alpha value is -7.24. The van der Waals surface area contributed by atoms with Gasteiger partial charge in [0.2, 0.25) is 0 Å². The highest BCUT2D eigenvalue weighted by Gasteiger charge is 2.46. The van der Waals surface area contributed by atoms with Gasteiger partial charge in [-0.25, -0.2) is 14.4 Å². The van der Waals surface area contributed by atoms with Crippen LogP contribution in [-0.2, 0) is 57.3 Å². The molecule has 17 heteroatoms. The van der Waals surface area contributed by atoms with Crippen LogP contribution in [0.5, 0.6) is 34.5 Å². The summed E-state index contributed by atoms with van der Waals surface area (Å²) in [5.41, 5.74) is -0.462. The third kappa shape index (κ3) is 13.7. The summed E-state index contributed by atoms with van der Waals surface area (Å²) in [5.74, 6) is -7.76. The molecule has 3 aromatic carbocycles. The topological polar surface area (TPSA) is 277 Å². The summed E-state index contributed by atoms with van der Waals surface area (Å²) in [5, 5.41) is 63.5. The van der Waals surface area contributed by atoms with Crippen LogP contribution in [0.2, 0.25) is 0 Å². The second kappa shape index (κ2) is 23.3. The fraction of sp³-hybridized carbons (Fsp3) is 0.439. The summed E-state index contributed by atoms with van der Waals surface area (Å²) in [4.78, 5) is 81.1. The number of rotatable bonds is 6. The molecule has 5 aliphatic heterocycles. The van der Waals surface area contributed by atoms with E-state index in [-0.39, 0.29) is 131 Å². The van der Waals surface area contributed by atoms with Gasteiger partial charge in [0, 0.05) is 50.3 Å². The van der Waals surface area contributed by atoms with E-state index < -0.39 is 65.0 Å². The number of ether oxygens (including phenoxy) is 5. The van der Waals surface area contributed by atoms with E-state index >= 15 is 0 Å². The maximum Gasteiger partial charge on any atom is 0.342 e. The SMILES string of the molecule is CC(CC1/C=C/C(=O)Cc2cc(O)cc(O)c2C(=O)O[C@H](C(C)CC2/C=C/C(=O)Cc3cc(O)cc(O)c3C(=O)OCC/C=C/C2)C[C@H]2O[C@@H]2C1)[C@@H]1C[C@@H]2O[C@H]2CC/C=C/C(=O)Cc2cc(O)cc(O)c2C(=O)O1. The van der Waals surface area contributed by atoms with Crippen molar-refractivity contribution in [3.05, 3.63) is 118 Å². The molecule has 392 valence electrons. The standard InChI is InChI=1S/C57H62O17/c1-30(16-32-8-4-3-7-15-70-55(67)52-34(20-38(59)13-11-32)22-40(61)25-43(52)64)48-29-51-49(72-51)18-33(12-14-39(60)21-36-24-42(63)27-45(66)54(36)57(69)74-48)17-31(2)47-28-50-46(71-50)10-6-5-9-37(58)19-35-23-41(62)26-44(65)53(35)56(68)73-47/h3-5,9,11-14,22-27,30-33,46-51,61-66H,6-8,10,15-21,28-29H2,1-2H3/b4-3+,9-5+,13-11+,14-12+/t30?,31?,32?,33?,46-,47-,48-,49+,50-,51+/m0/s1. The van der Waals surface area contributed by atoms with Gasteiger partial charge in [0.05, 0.1) is 31.0 Å². The quantitative estimate of drug-likeness (QED) is 0.0598. The number of phenolic OH excluding ortho intramolecular Hbond substituents is 6. The molecule has 0 aliphatic carbocycles. The van der Waals surface area contributed by atoms with Gasteiger partial charge in [0.1, 0.15) is 63.4 Å². The Bertz CT molecular complexity index is 2790. The number of cyclic esters (lactones) is 3. The van der Waals surface area contributed by atoms with Crippen LogP contribution in [0, 0.1) is 23.7 Å². The first kappa shape index (κ1) is 53.1. The van der Waals surface area contributed by atoms with Crippen LogP contribution in [-0.4, -0.2) is 109 Å². The van der Waals surface area contributed by atoms with Crippen molar-refractivity contribution in [2.45, 2.75) is 128 Å². The van der Waals surface area contributed by atoms with Gasteiger partial charge in [0.15, 0.2) is 17.3 Å². The molecule has 0 bridgehead atoms. The van der Waals surface area contributed by atoms with Crippen LogP contribution in [0.15, 0.2) is 85.0 Å². The first-order chi connectivity index (χ1) is 35.4. The van der Waals surface area contributed by atoms with Crippen LogP contribution in [0.3, 0.4) is 0 Å². The lowest BCUT2D eigenvalue weighted by Crippen LogP contribution is -2.30. The Balaban J connectivity index is 1.04. The number of aromatic hydroxyl groups is 6. The minimum absolute atomic E-state index is 0.00689. The number of ketones is 3. The third-order valence-corrected chi connectivity index (χ3v) is 14.4. The average molecular weight is 1020 g/mol. The summed E-state index contributed by atoms with van der Waals surface area (Å²) >= 11 is 0. The van der Waals surface area contributed by atoms with E-state index in [2.05, 4.69) is 0 Å². The molecule has 5 aliphatic rings. The van der Waals surface area contributed by atoms with E-state index in [0.29, 0.717) is 51.4 Å². The molecule has 0 radical (unpaired) electrons. The fourth-order valence-electron chi connectivity index (χ4n) is 10.5. The number of hydrogen-bond acceptors (Lipinski definition) is 17. The monoisotopic (exact) mass is 1020 g/mol. The van der Waals surface area contributed by atoms with Crippen molar-refractivity contribution in [1.29, 1.82) is 0 Å². The molecule has 0 aromatic heterocycles. The predicted molar refractivity (Wildman–Crippen MR) is 265 cm³/mol. The molecule has 2 saturated heterocycles. The molecule has 74 heavy (non-hydrogen) atoms. The second-order valence-corrected chi connectivity index (χ2v) is 20.2. The molecular formula is C57H62O17. The number of hydrogen-bond donors (Lipinski definition) is 6. The smallest absolute Gasteiger partial charge is 0.342 e. The Labute approximate surface area is 427 Å². The summed E-state index contributed by atoms with van der Waals surface area (Å²) < 4.78 is 30.1. The Morgan fingerprint density at radius 3 is 1.49 bits per heavy atom. The molecule has 0 spiro atoms. The summed E-state index contributed by atoms with van der Waals surface area (Å²) in [6.45, 7) is 3.81. The van der Waals surface area contributed by atoms with Crippen LogP contribution < -0.4 is 0 Å². The first-order valence-corrected chi connectivity index (χ1v) is 25.2. The fourth-order valence-corrected chi connectivity index (χ4v) is 10.5. The molecule has 3 aromatic rings. The molecule has 0 amide bonds. The number of benzene rings is 3. The van der Waals surface area contributed by atoms with Gasteiger partial charge < -0.3 is 54.3 Å². The van der Waals surface area contributed by atoms with Crippen molar-refractivity contribution >= 4 is 35.3 Å². The van der Waals surface area contributed by atoms with Crippen LogP contribution in [0.4, 0.5) is 0 Å². The van der Waals surface area contributed by atoms with E-state index in [1.807, 2.05) is 26.0 Å². The lowest BCUT2D eigenvalue weighted by Gasteiger charge is -2.28. The van der Waals surface area contributed by atoms with Gasteiger partial charge in [-0.15, -0.1) is 0 Å². The minimum Gasteiger partial charge on any atom is -0.508 e. The van der Waals surface area contributed by atoms with Crippen LogP contribution in [0.25, 0.3) is 0 Å². The Morgan fingerprint density at radius 2 is 0.946 bits per heavy atom. The Kier molecular flexibility index (Phi) is 16.7. The predicted octanol–water partition coefficient (Wildman–Crippen LogP) is 7.68. The van der Waals surface area contributed by atoms with Gasteiger partial charge in [-0.1, -0.05) is 44.2 Å². The van der Waals surface area contributed by atoms with Crippen molar-refractivity contribution < 1.29 is 83.1 Å². The Morgan fingerprint density at radius 1 is 0.500 bits per heavy atom. The van der Waals surface area contributed by atoms with Crippen LogP contribution >= 0.6 is 0 Å². The number of epoxide rings is 2. The van der Waals surface area contributed by atoms with Gasteiger partial charge in [-0.2, -0.15) is 0 Å². The van der Waals surface area contributed by atoms with Gasteiger partial charge in [-0.3, -0.25) is 14.4 Å². The molecule has 8 rings (SSSR count). The van der Waals surface area contributed by atoms with Gasteiger partial charge >= 0.3 is 17.9 Å². The molecular weight excluding hydrogens is 957 g/mol. The van der Waals surface area contributed by atoms with E-state index in [4.69, 9.17) is 23.7 Å². The number of carbonyl (C=O) groups excluding carboxylic acids is 6. The highest BCUT2D eigenvalue weighted by atomic mass is 16.6. The first-order valence-electron chi connectivity index (χ1n) is 25.2. The lowest BCUT2D eigenvalue weighted by atomic mass is 9.84. The van der Waals surface area contributed by atoms with E-state index in [1.54, 1.807) is 18.2 Å². The van der Waals surface area contributed by atoms with E-state index in [9.17, 15) is 59.4 Å². The van der Waals surface area contributed by atoms with Crippen molar-refractivity contribution in [3.63, 3.8) is 0 Å². The van der Waals surface area contributed by atoms with E-state index in [0.717, 1.165) is 18.2 Å². The zero-order valence-corrected chi connectivity index (χ0v) is 41.2. The third-order valence-electron chi connectivity index (χ3n) is 14.4. The maximum absolute atomic E-state index is 14.2. The molecule has 2 fully saturated rings. The molecule has 10 atom stereocenters. The normalized spacial score (nSPS) is 28.7. The van der Waals surface area contributed by atoms with Crippen molar-refractivity contribution in [3.8, 4) is 34.5 Å². The molecule has 6 N–H and O–H groups in total. The minimum atomic E-state index is -0.904. The average Bonchev–Trinajstić information content (AvgIpc) is 4.24. The molecule has 4 unspecified atom stereocenters. The maximum atomic E-state index is 14.2. The molecule has 5 heterocycles. The largest absolute Gasteiger partial charge is 0.508 e. The second-order valence-electron chi connectivity index (χ2n) is 20.2. The number of carbonyl (C=O) groups is 6. The zero-order valence-electron chi connectivity index (χ0n) is 41.2. The van der Waals surface area contributed by atoms with E-state index in [1.165, 1.54) is 36.4 Å². The molecule has 0 saturated carbocycles. The van der Waals surface area contributed by atoms with Gasteiger partial charge in [-0.05, 0) is 122 Å². The summed E-state index contributed by atoms with van der Waals surface area (Å²) in [7, 11) is 0. The van der Waals surface area contributed by atoms with Crippen molar-refractivity contribution in [2.75, 3.05) is 6.61 Å². The number of fused-ring (bicyclic) bond motifs is 5.